The van der Waals surface area contributed by atoms with Gasteiger partial charge in [-0.1, -0.05) is 35.3 Å². The van der Waals surface area contributed by atoms with E-state index in [9.17, 15) is 17.8 Å². The van der Waals surface area contributed by atoms with Crippen LogP contribution >= 0.6 is 23.2 Å². The number of carbonyl (C=O) groups is 1. The molecule has 0 fully saturated rings. The minimum Gasteiger partial charge on any atom is -0.294 e. The maximum absolute atomic E-state index is 14.1. The first kappa shape index (κ1) is 34.8. The van der Waals surface area contributed by atoms with Gasteiger partial charge in [-0.05, 0) is 83.1 Å². The molecule has 1 unspecified atom stereocenters. The topological polar surface area (TPSA) is 98.1 Å². The molecule has 0 amide bonds. The molecular formula is C36H29Cl2F2N5O2S. The van der Waals surface area contributed by atoms with Crippen molar-refractivity contribution in [2.45, 2.75) is 39.4 Å². The van der Waals surface area contributed by atoms with Gasteiger partial charge in [-0.15, -0.1) is 0 Å². The van der Waals surface area contributed by atoms with Crippen molar-refractivity contribution in [3.8, 4) is 22.5 Å². The lowest BCUT2D eigenvalue weighted by atomic mass is 9.97. The molecule has 0 saturated heterocycles. The predicted octanol–water partition coefficient (Wildman–Crippen LogP) is 9.65. The molecule has 0 aliphatic heterocycles. The first-order chi connectivity index (χ1) is 22.8. The molecule has 1 atom stereocenters. The Morgan fingerprint density at radius 1 is 0.729 bits per heavy atom. The quantitative estimate of drug-likeness (QED) is 0.131. The van der Waals surface area contributed by atoms with E-state index in [1.807, 2.05) is 32.9 Å². The van der Waals surface area contributed by atoms with Crippen molar-refractivity contribution in [2.75, 3.05) is 0 Å². The Morgan fingerprint density at radius 2 is 1.19 bits per heavy atom. The van der Waals surface area contributed by atoms with Gasteiger partial charge in [-0.3, -0.25) is 24.7 Å². The van der Waals surface area contributed by atoms with Crippen LogP contribution in [0.25, 0.3) is 44.3 Å². The summed E-state index contributed by atoms with van der Waals surface area (Å²) in [6.07, 6.45) is 6.35. The molecule has 12 heteroatoms. The van der Waals surface area contributed by atoms with Crippen molar-refractivity contribution in [1.82, 2.24) is 19.9 Å². The minimum absolute atomic E-state index is 0.162. The van der Waals surface area contributed by atoms with Gasteiger partial charge in [0.05, 0.1) is 42.9 Å². The summed E-state index contributed by atoms with van der Waals surface area (Å²) >= 11 is 12.2. The van der Waals surface area contributed by atoms with E-state index in [1.165, 1.54) is 37.4 Å². The van der Waals surface area contributed by atoms with Crippen LogP contribution in [0.5, 0.6) is 0 Å². The molecule has 0 aliphatic carbocycles. The normalized spacial score (nSPS) is 12.5. The number of hydrogen-bond donors (Lipinski definition) is 0. The number of rotatable bonds is 5. The number of nitrogens with zero attached hydrogens (tertiary/aromatic N) is 5. The summed E-state index contributed by atoms with van der Waals surface area (Å²) in [5.74, 6) is -1.10. The Labute approximate surface area is 288 Å². The van der Waals surface area contributed by atoms with Gasteiger partial charge in [0.1, 0.15) is 22.6 Å². The number of Topliss-reactive ketones (excluding diaryl/α,β-unsaturated/α-hetero) is 1. The van der Waals surface area contributed by atoms with Crippen molar-refractivity contribution in [3.05, 3.63) is 118 Å². The van der Waals surface area contributed by atoms with Gasteiger partial charge in [0.25, 0.3) is 0 Å². The highest BCUT2D eigenvalue weighted by atomic mass is 35.5. The highest BCUT2D eigenvalue weighted by Crippen LogP contribution is 2.35. The first-order valence-electron chi connectivity index (χ1n) is 14.6. The van der Waals surface area contributed by atoms with Crippen molar-refractivity contribution < 1.29 is 17.8 Å². The first-order valence-corrected chi connectivity index (χ1v) is 16.5. The number of hydrogen-bond acceptors (Lipinski definition) is 6. The fraction of sp³-hybridized carbons (Fsp3) is 0.167. The summed E-state index contributed by atoms with van der Waals surface area (Å²) < 4.78 is 44.1. The number of pyridine rings is 4. The van der Waals surface area contributed by atoms with E-state index >= 15 is 0 Å². The van der Waals surface area contributed by atoms with Crippen molar-refractivity contribution in [1.29, 1.82) is 0 Å². The van der Waals surface area contributed by atoms with Gasteiger partial charge in [0.15, 0.2) is 5.78 Å². The Balaban J connectivity index is 0.000000194. The number of carbonyl (C=O) groups excluding carboxylic acids is 1. The molecule has 7 nitrogen and oxygen atoms in total. The smallest absolute Gasteiger partial charge is 0.162 e. The number of halogens is 4. The summed E-state index contributed by atoms with van der Waals surface area (Å²) in [5.41, 5.74) is 4.93. The second kappa shape index (κ2) is 14.3. The van der Waals surface area contributed by atoms with Gasteiger partial charge in [-0.2, -0.15) is 4.40 Å². The standard InChI is InChI=1S/C20H19ClFN3OS.C16H10ClFN2O/c1-12(25-27(26)20(2,3)4)15-11-24-19-14(9-13(22)10-16(19)21)18(15)17-7-5-6-8-23-17;1-9(21)12-8-20-16-11(6-10(18)7-13(16)17)15(12)14-4-2-3-5-19-14/h5-11H,1-4H3;2-8H,1H3. The molecule has 6 aromatic rings. The number of ketones is 1. The SMILES string of the molecule is CC(=NS(=O)C(C)(C)C)c1cnc2c(Cl)cc(F)cc2c1-c1ccccn1.CC(=O)c1cnc2c(Cl)cc(F)cc2c1-c1ccccn1. The van der Waals surface area contributed by atoms with Crippen LogP contribution in [-0.2, 0) is 11.0 Å². The van der Waals surface area contributed by atoms with Crippen molar-refractivity contribution >= 4 is 67.5 Å². The molecule has 244 valence electrons. The monoisotopic (exact) mass is 703 g/mol. The summed E-state index contributed by atoms with van der Waals surface area (Å²) in [6, 6.07) is 16.0. The summed E-state index contributed by atoms with van der Waals surface area (Å²) in [6.45, 7) is 8.77. The van der Waals surface area contributed by atoms with Gasteiger partial charge in [0.2, 0.25) is 0 Å². The van der Waals surface area contributed by atoms with Gasteiger partial charge in [-0.25, -0.2) is 13.0 Å². The van der Waals surface area contributed by atoms with Crippen LogP contribution in [0.2, 0.25) is 10.0 Å². The van der Waals surface area contributed by atoms with E-state index in [0.717, 1.165) is 0 Å². The van der Waals surface area contributed by atoms with Crippen molar-refractivity contribution in [3.63, 3.8) is 0 Å². The molecular weight excluding hydrogens is 675 g/mol. The van der Waals surface area contributed by atoms with E-state index in [0.29, 0.717) is 61.2 Å². The number of benzene rings is 2. The van der Waals surface area contributed by atoms with Crippen LogP contribution in [0.1, 0.15) is 50.5 Å². The average molecular weight is 705 g/mol. The lowest BCUT2D eigenvalue weighted by molar-refractivity contribution is 0.101. The predicted molar refractivity (Wildman–Crippen MR) is 190 cm³/mol. The molecule has 4 heterocycles. The van der Waals surface area contributed by atoms with Gasteiger partial charge < -0.3 is 0 Å². The lowest BCUT2D eigenvalue weighted by Gasteiger charge is -2.16. The Hall–Kier alpha value is -4.51. The summed E-state index contributed by atoms with van der Waals surface area (Å²) in [7, 11) is -1.44. The van der Waals surface area contributed by atoms with Crippen LogP contribution in [-0.4, -0.2) is 40.4 Å². The maximum Gasteiger partial charge on any atom is 0.162 e. The molecule has 0 N–H and O–H groups in total. The molecule has 0 aliphatic rings. The second-order valence-electron chi connectivity index (χ2n) is 11.7. The number of aromatic nitrogens is 4. The van der Waals surface area contributed by atoms with E-state index in [-0.39, 0.29) is 15.8 Å². The fourth-order valence-electron chi connectivity index (χ4n) is 4.88. The van der Waals surface area contributed by atoms with E-state index in [1.54, 1.807) is 49.8 Å². The molecule has 48 heavy (non-hydrogen) atoms. The Kier molecular flexibility index (Phi) is 10.4. The third kappa shape index (κ3) is 7.46. The maximum atomic E-state index is 14.1. The molecule has 0 spiro atoms. The highest BCUT2D eigenvalue weighted by Gasteiger charge is 2.22. The molecule has 0 bridgehead atoms. The zero-order valence-corrected chi connectivity index (χ0v) is 28.9. The molecule has 0 saturated carbocycles. The minimum atomic E-state index is -1.44. The largest absolute Gasteiger partial charge is 0.294 e. The van der Waals surface area contributed by atoms with Crippen LogP contribution in [0, 0.1) is 11.6 Å². The van der Waals surface area contributed by atoms with E-state index in [4.69, 9.17) is 23.2 Å². The van der Waals surface area contributed by atoms with E-state index in [2.05, 4.69) is 24.3 Å². The van der Waals surface area contributed by atoms with E-state index < -0.39 is 27.4 Å². The Bertz CT molecular complexity index is 2230. The van der Waals surface area contributed by atoms with Gasteiger partial charge >= 0.3 is 0 Å². The molecule has 2 aromatic carbocycles. The summed E-state index contributed by atoms with van der Waals surface area (Å²) in [5, 5.41) is 1.44. The molecule has 4 aromatic heterocycles. The van der Waals surface area contributed by atoms with Crippen LogP contribution in [0.4, 0.5) is 8.78 Å². The number of fused-ring (bicyclic) bond motifs is 2. The highest BCUT2D eigenvalue weighted by molar-refractivity contribution is 7.85. The van der Waals surface area contributed by atoms with Crippen molar-refractivity contribution in [2.24, 2.45) is 4.40 Å². The van der Waals surface area contributed by atoms with Crippen LogP contribution in [0.3, 0.4) is 0 Å². The third-order valence-corrected chi connectivity index (χ3v) is 9.20. The molecule has 6 rings (SSSR count). The zero-order valence-electron chi connectivity index (χ0n) is 26.6. The van der Waals surface area contributed by atoms with Crippen LogP contribution < -0.4 is 0 Å². The summed E-state index contributed by atoms with van der Waals surface area (Å²) in [4.78, 5) is 29.1. The average Bonchev–Trinajstić information content (AvgIpc) is 3.04. The Morgan fingerprint density at radius 3 is 1.60 bits per heavy atom. The zero-order chi connectivity index (χ0) is 34.7. The second-order valence-corrected chi connectivity index (χ2v) is 14.4. The van der Waals surface area contributed by atoms with Gasteiger partial charge in [0, 0.05) is 57.8 Å². The van der Waals surface area contributed by atoms with Crippen LogP contribution in [0.15, 0.2) is 89.8 Å². The third-order valence-electron chi connectivity index (χ3n) is 7.13. The fourth-order valence-corrected chi connectivity index (χ4v) is 6.01. The lowest BCUT2D eigenvalue weighted by Crippen LogP contribution is -2.20. The molecule has 0 radical (unpaired) electrons.